The van der Waals surface area contributed by atoms with Gasteiger partial charge in [-0.15, -0.1) is 0 Å². The van der Waals surface area contributed by atoms with Crippen molar-refractivity contribution < 1.29 is 8.76 Å². The predicted molar refractivity (Wildman–Crippen MR) is 74.1 cm³/mol. The van der Waals surface area contributed by atoms with E-state index in [0.29, 0.717) is 11.5 Å². The van der Waals surface area contributed by atoms with Crippen molar-refractivity contribution in [3.05, 3.63) is 46.2 Å². The maximum atomic E-state index is 11.6. The molecule has 7 nitrogen and oxygen atoms in total. The molecular formula is C11H14N4O3S. The highest BCUT2D eigenvalue weighted by Gasteiger charge is 2.11. The molecule has 2 atom stereocenters. The van der Waals surface area contributed by atoms with Crippen LogP contribution in [0.5, 0.6) is 0 Å². The van der Waals surface area contributed by atoms with Crippen molar-refractivity contribution in [2.75, 3.05) is 10.5 Å². The Kier molecular flexibility index (Phi) is 3.72. The molecule has 2 aromatic rings. The minimum atomic E-state index is -2.10. The van der Waals surface area contributed by atoms with Crippen LogP contribution in [0.3, 0.4) is 0 Å². The van der Waals surface area contributed by atoms with E-state index in [4.69, 9.17) is 10.3 Å². The van der Waals surface area contributed by atoms with Crippen LogP contribution in [0, 0.1) is 0 Å². The minimum Gasteiger partial charge on any atom is -0.384 e. The molecule has 8 heteroatoms. The van der Waals surface area contributed by atoms with Gasteiger partial charge in [0.2, 0.25) is 0 Å². The minimum absolute atomic E-state index is 0.205. The Bertz CT molecular complexity index is 647. The fourth-order valence-electron chi connectivity index (χ4n) is 1.80. The quantitative estimate of drug-likeness (QED) is 0.624. The molecule has 0 aliphatic carbocycles. The van der Waals surface area contributed by atoms with Gasteiger partial charge in [0, 0.05) is 11.8 Å². The Morgan fingerprint density at radius 3 is 2.53 bits per heavy atom. The van der Waals surface area contributed by atoms with Gasteiger partial charge >= 0.3 is 0 Å². The van der Waals surface area contributed by atoms with E-state index in [1.54, 1.807) is 24.3 Å². The van der Waals surface area contributed by atoms with Gasteiger partial charge in [-0.05, 0) is 24.6 Å². The number of nitrogen functional groups attached to an aromatic ring is 1. The highest BCUT2D eigenvalue weighted by Crippen LogP contribution is 2.18. The Hall–Kier alpha value is -2.06. The molecule has 19 heavy (non-hydrogen) atoms. The number of hydrogen-bond donors (Lipinski definition) is 4. The molecule has 1 aromatic carbocycles. The van der Waals surface area contributed by atoms with Crippen LogP contribution >= 0.6 is 0 Å². The van der Waals surface area contributed by atoms with Gasteiger partial charge in [-0.25, -0.2) is 8.89 Å². The van der Waals surface area contributed by atoms with Gasteiger partial charge in [0.25, 0.3) is 16.8 Å². The summed E-state index contributed by atoms with van der Waals surface area (Å²) in [7, 11) is 0. The van der Waals surface area contributed by atoms with Crippen LogP contribution in [0.2, 0.25) is 0 Å². The highest BCUT2D eigenvalue weighted by molar-refractivity contribution is 7.80. The molecule has 5 N–H and O–H groups in total. The number of nitrogens with one attached hydrogen (secondary N) is 2. The lowest BCUT2D eigenvalue weighted by molar-refractivity contribution is 0.550. The van der Waals surface area contributed by atoms with Crippen LogP contribution < -0.4 is 16.0 Å². The fraction of sp³-hybridized carbons (Fsp3) is 0.182. The van der Waals surface area contributed by atoms with Crippen LogP contribution in [0.4, 0.5) is 11.5 Å². The van der Waals surface area contributed by atoms with Gasteiger partial charge < -0.3 is 5.73 Å². The largest absolute Gasteiger partial charge is 0.384 e. The Balaban J connectivity index is 2.24. The summed E-state index contributed by atoms with van der Waals surface area (Å²) in [6, 6.07) is 7.97. The molecule has 1 aromatic heterocycles. The summed E-state index contributed by atoms with van der Waals surface area (Å²) in [6.07, 6.45) is 0. The molecule has 0 saturated heterocycles. The molecule has 0 saturated carbocycles. The monoisotopic (exact) mass is 282 g/mol. The lowest BCUT2D eigenvalue weighted by atomic mass is 10.1. The predicted octanol–water partition coefficient (Wildman–Crippen LogP) is 0.917. The molecule has 0 aliphatic rings. The standard InChI is InChI=1S/C11H14N4O3S/c1-7(15-11(16)6-10(12)13-15)8-2-4-9(5-3-8)14-19(17)18/h2-7,13-14H,12H2,1H3,(H,17,18). The molecule has 2 rings (SSSR count). The molecule has 1 heterocycles. The van der Waals surface area contributed by atoms with Crippen LogP contribution in [-0.2, 0) is 11.3 Å². The van der Waals surface area contributed by atoms with E-state index in [2.05, 4.69) is 9.82 Å². The number of H-pyrrole nitrogens is 1. The Morgan fingerprint density at radius 1 is 1.42 bits per heavy atom. The van der Waals surface area contributed by atoms with E-state index >= 15 is 0 Å². The van der Waals surface area contributed by atoms with Crippen molar-refractivity contribution >= 4 is 22.8 Å². The first-order valence-corrected chi connectivity index (χ1v) is 6.62. The average Bonchev–Trinajstić information content (AvgIpc) is 2.68. The number of rotatable bonds is 4. The molecule has 2 unspecified atom stereocenters. The number of hydrogen-bond acceptors (Lipinski definition) is 3. The first kappa shape index (κ1) is 13.4. The first-order valence-electron chi connectivity index (χ1n) is 5.52. The summed E-state index contributed by atoms with van der Waals surface area (Å²) in [5.74, 6) is 0.311. The first-order chi connectivity index (χ1) is 8.97. The summed E-state index contributed by atoms with van der Waals surface area (Å²) in [4.78, 5) is 11.6. The van der Waals surface area contributed by atoms with Crippen LogP contribution in [0.25, 0.3) is 0 Å². The van der Waals surface area contributed by atoms with Gasteiger partial charge in [0.15, 0.2) is 0 Å². The van der Waals surface area contributed by atoms with E-state index in [9.17, 15) is 9.00 Å². The number of anilines is 2. The average molecular weight is 282 g/mol. The summed E-state index contributed by atoms with van der Waals surface area (Å²) >= 11 is -2.10. The van der Waals surface area contributed by atoms with Gasteiger partial charge in [0.1, 0.15) is 5.82 Å². The normalized spacial score (nSPS) is 14.0. The molecule has 0 spiro atoms. The van der Waals surface area contributed by atoms with Crippen molar-refractivity contribution in [1.29, 1.82) is 0 Å². The molecule has 0 bridgehead atoms. The molecular weight excluding hydrogens is 268 g/mol. The summed E-state index contributed by atoms with van der Waals surface area (Å²) in [6.45, 7) is 1.85. The van der Waals surface area contributed by atoms with Gasteiger partial charge in [0.05, 0.1) is 6.04 Å². The van der Waals surface area contributed by atoms with Crippen molar-refractivity contribution in [3.8, 4) is 0 Å². The zero-order chi connectivity index (χ0) is 14.0. The third-order valence-corrected chi connectivity index (χ3v) is 3.16. The van der Waals surface area contributed by atoms with E-state index in [1.165, 1.54) is 10.7 Å². The molecule has 0 aliphatic heterocycles. The second-order valence-corrected chi connectivity index (χ2v) is 4.77. The van der Waals surface area contributed by atoms with Crippen LogP contribution in [0.15, 0.2) is 35.1 Å². The maximum Gasteiger partial charge on any atom is 0.269 e. The summed E-state index contributed by atoms with van der Waals surface area (Å²) < 4.78 is 23.1. The molecule has 0 radical (unpaired) electrons. The Labute approximate surface area is 111 Å². The number of aromatic amines is 1. The third kappa shape index (κ3) is 3.04. The maximum absolute atomic E-state index is 11.6. The summed E-state index contributed by atoms with van der Waals surface area (Å²) in [5.41, 5.74) is 6.72. The van der Waals surface area contributed by atoms with Gasteiger partial charge in [-0.1, -0.05) is 12.1 Å². The molecule has 0 fully saturated rings. The van der Waals surface area contributed by atoms with Crippen LogP contribution in [-0.4, -0.2) is 18.5 Å². The lowest BCUT2D eigenvalue weighted by Gasteiger charge is -2.13. The molecule has 0 amide bonds. The molecule has 102 valence electrons. The summed E-state index contributed by atoms with van der Waals surface area (Å²) in [5, 5.41) is 2.77. The van der Waals surface area contributed by atoms with Crippen molar-refractivity contribution in [3.63, 3.8) is 0 Å². The van der Waals surface area contributed by atoms with E-state index in [0.717, 1.165) is 5.56 Å². The van der Waals surface area contributed by atoms with E-state index < -0.39 is 11.3 Å². The topological polar surface area (TPSA) is 113 Å². The highest BCUT2D eigenvalue weighted by atomic mass is 32.2. The second-order valence-electron chi connectivity index (χ2n) is 4.07. The van der Waals surface area contributed by atoms with Gasteiger partial charge in [-0.2, -0.15) is 0 Å². The van der Waals surface area contributed by atoms with Gasteiger partial charge in [-0.3, -0.25) is 19.2 Å². The zero-order valence-corrected chi connectivity index (χ0v) is 11.0. The van der Waals surface area contributed by atoms with Crippen molar-refractivity contribution in [2.45, 2.75) is 13.0 Å². The SMILES string of the molecule is CC(c1ccc(NS(=O)O)cc1)n1[nH]c(N)cc1=O. The zero-order valence-electron chi connectivity index (χ0n) is 10.2. The fourth-order valence-corrected chi connectivity index (χ4v) is 2.13. The smallest absolute Gasteiger partial charge is 0.269 e. The van der Waals surface area contributed by atoms with E-state index in [-0.39, 0.29) is 11.6 Å². The lowest BCUT2D eigenvalue weighted by Crippen LogP contribution is -2.20. The van der Waals surface area contributed by atoms with Crippen molar-refractivity contribution in [2.24, 2.45) is 0 Å². The van der Waals surface area contributed by atoms with Crippen LogP contribution in [0.1, 0.15) is 18.5 Å². The number of aromatic nitrogens is 2. The second kappa shape index (κ2) is 5.29. The van der Waals surface area contributed by atoms with Crippen molar-refractivity contribution in [1.82, 2.24) is 9.78 Å². The third-order valence-electron chi connectivity index (χ3n) is 2.75. The van der Waals surface area contributed by atoms with E-state index in [1.807, 2.05) is 6.92 Å². The number of nitrogens with two attached hydrogens (primary N) is 1. The number of nitrogens with zero attached hydrogens (tertiary/aromatic N) is 1. The number of benzene rings is 1. The Morgan fingerprint density at radius 2 is 2.05 bits per heavy atom.